The molecule has 1 unspecified atom stereocenters. The van der Waals surface area contributed by atoms with Crippen molar-refractivity contribution in [1.29, 1.82) is 0 Å². The largest absolute Gasteiger partial charge is 0.467 e. The topological polar surface area (TPSA) is 131 Å². The van der Waals surface area contributed by atoms with Crippen LogP contribution in [0.15, 0.2) is 50.1 Å². The normalized spacial score (nSPS) is 16.7. The Labute approximate surface area is 170 Å². The summed E-state index contributed by atoms with van der Waals surface area (Å²) in [5.74, 6) is -0.289. The van der Waals surface area contributed by atoms with Crippen LogP contribution in [0.3, 0.4) is 0 Å². The van der Waals surface area contributed by atoms with Gasteiger partial charge in [0.2, 0.25) is 17.7 Å². The molecule has 4 amide bonds. The Hall–Kier alpha value is -3.21. The molecule has 0 radical (unpaired) electrons. The van der Waals surface area contributed by atoms with Gasteiger partial charge in [0.25, 0.3) is 5.22 Å². The fourth-order valence-electron chi connectivity index (χ4n) is 2.61. The molecule has 2 aromatic heterocycles. The zero-order valence-electron chi connectivity index (χ0n) is 15.7. The zero-order valence-corrected chi connectivity index (χ0v) is 16.5. The van der Waals surface area contributed by atoms with Crippen molar-refractivity contribution < 1.29 is 23.2 Å². The summed E-state index contributed by atoms with van der Waals surface area (Å²) in [7, 11) is 0. The lowest BCUT2D eigenvalue weighted by Crippen LogP contribution is -2.46. The summed E-state index contributed by atoms with van der Waals surface area (Å²) in [6, 6.07) is 2.90. The first-order valence-electron chi connectivity index (χ1n) is 8.73. The highest BCUT2D eigenvalue weighted by atomic mass is 32.2. The number of carbonyl (C=O) groups excluding carboxylic acids is 3. The first-order valence-corrected chi connectivity index (χ1v) is 9.72. The second-order valence-electron chi connectivity index (χ2n) is 6.14. The molecule has 0 aromatic carbocycles. The van der Waals surface area contributed by atoms with Gasteiger partial charge in [-0.1, -0.05) is 17.8 Å². The molecule has 2 aromatic rings. The first-order chi connectivity index (χ1) is 14.0. The van der Waals surface area contributed by atoms with Gasteiger partial charge in [0.1, 0.15) is 5.76 Å². The molecule has 0 saturated heterocycles. The van der Waals surface area contributed by atoms with Crippen molar-refractivity contribution in [1.82, 2.24) is 20.4 Å². The van der Waals surface area contributed by atoms with E-state index in [0.29, 0.717) is 18.0 Å². The van der Waals surface area contributed by atoms with E-state index in [1.807, 2.05) is 0 Å². The fourth-order valence-corrected chi connectivity index (χ4v) is 3.22. The molecular weight excluding hydrogens is 398 g/mol. The van der Waals surface area contributed by atoms with Crippen LogP contribution in [-0.2, 0) is 22.6 Å². The molecule has 1 aliphatic rings. The number of hydrogen-bond donors (Lipinski definition) is 1. The van der Waals surface area contributed by atoms with Gasteiger partial charge in [-0.15, -0.1) is 16.8 Å². The minimum Gasteiger partial charge on any atom is -0.467 e. The van der Waals surface area contributed by atoms with E-state index in [-0.39, 0.29) is 41.6 Å². The van der Waals surface area contributed by atoms with E-state index in [2.05, 4.69) is 27.1 Å². The number of aliphatic imine (C=N–C) groups is 1. The molecule has 1 atom stereocenters. The van der Waals surface area contributed by atoms with Crippen LogP contribution < -0.4 is 5.32 Å². The number of nitrogens with one attached hydrogen (secondary N) is 1. The van der Waals surface area contributed by atoms with E-state index in [1.54, 1.807) is 19.1 Å². The SMILES string of the molecule is C=CCN1C(=O)N=C(C)C(Cc2nnc(SCC(=O)NCc3ccco3)o2)C1=O. The van der Waals surface area contributed by atoms with Crippen molar-refractivity contribution in [2.24, 2.45) is 10.9 Å². The summed E-state index contributed by atoms with van der Waals surface area (Å²) in [4.78, 5) is 41.2. The Balaban J connectivity index is 1.53. The second kappa shape index (κ2) is 9.32. The number of nitrogens with zero attached hydrogens (tertiary/aromatic N) is 4. The third kappa shape index (κ3) is 5.19. The average Bonchev–Trinajstić information content (AvgIpc) is 3.37. The number of furan rings is 1. The summed E-state index contributed by atoms with van der Waals surface area (Å²) in [5, 5.41) is 10.7. The Morgan fingerprint density at radius 1 is 1.41 bits per heavy atom. The lowest BCUT2D eigenvalue weighted by molar-refractivity contribution is -0.130. The van der Waals surface area contributed by atoms with Gasteiger partial charge in [0.15, 0.2) is 0 Å². The molecule has 0 saturated carbocycles. The van der Waals surface area contributed by atoms with Crippen molar-refractivity contribution in [2.45, 2.75) is 25.1 Å². The summed E-state index contributed by atoms with van der Waals surface area (Å²) < 4.78 is 10.7. The van der Waals surface area contributed by atoms with E-state index < -0.39 is 11.9 Å². The zero-order chi connectivity index (χ0) is 20.8. The molecule has 29 heavy (non-hydrogen) atoms. The van der Waals surface area contributed by atoms with Crippen molar-refractivity contribution in [3.05, 3.63) is 42.7 Å². The number of thioether (sulfide) groups is 1. The lowest BCUT2D eigenvalue weighted by atomic mass is 9.97. The minimum absolute atomic E-state index is 0.0863. The van der Waals surface area contributed by atoms with Crippen molar-refractivity contribution in [2.75, 3.05) is 12.3 Å². The van der Waals surface area contributed by atoms with Crippen LogP contribution in [0.2, 0.25) is 0 Å². The van der Waals surface area contributed by atoms with Crippen molar-refractivity contribution in [3.63, 3.8) is 0 Å². The van der Waals surface area contributed by atoms with E-state index >= 15 is 0 Å². The van der Waals surface area contributed by atoms with Gasteiger partial charge in [-0.3, -0.25) is 14.5 Å². The first kappa shape index (κ1) is 20.5. The van der Waals surface area contributed by atoms with Gasteiger partial charge in [-0.05, 0) is 19.1 Å². The molecule has 11 heteroatoms. The molecular formula is C18H19N5O5S. The Kier molecular flexibility index (Phi) is 6.60. The third-order valence-corrected chi connectivity index (χ3v) is 4.90. The monoisotopic (exact) mass is 417 g/mol. The maximum atomic E-state index is 12.6. The van der Waals surface area contributed by atoms with Crippen LogP contribution in [0.5, 0.6) is 0 Å². The molecule has 0 spiro atoms. The third-order valence-electron chi connectivity index (χ3n) is 4.08. The second-order valence-corrected chi connectivity index (χ2v) is 7.06. The Morgan fingerprint density at radius 2 is 2.24 bits per heavy atom. The highest BCUT2D eigenvalue weighted by Crippen LogP contribution is 2.21. The Bertz CT molecular complexity index is 936. The van der Waals surface area contributed by atoms with E-state index in [0.717, 1.165) is 16.7 Å². The van der Waals surface area contributed by atoms with Gasteiger partial charge >= 0.3 is 6.03 Å². The highest BCUT2D eigenvalue weighted by molar-refractivity contribution is 7.99. The number of carbonyl (C=O) groups is 3. The van der Waals surface area contributed by atoms with E-state index in [1.165, 1.54) is 12.3 Å². The maximum absolute atomic E-state index is 12.6. The minimum atomic E-state index is -0.664. The molecule has 1 aliphatic heterocycles. The molecule has 3 rings (SSSR count). The molecule has 3 heterocycles. The molecule has 0 aliphatic carbocycles. The van der Waals surface area contributed by atoms with Crippen molar-refractivity contribution in [3.8, 4) is 0 Å². The smallest absolute Gasteiger partial charge is 0.350 e. The highest BCUT2D eigenvalue weighted by Gasteiger charge is 2.36. The van der Waals surface area contributed by atoms with E-state index in [4.69, 9.17) is 8.83 Å². The molecule has 152 valence electrons. The summed E-state index contributed by atoms with van der Waals surface area (Å²) in [6.07, 6.45) is 3.11. The van der Waals surface area contributed by atoms with Crippen LogP contribution in [0.4, 0.5) is 4.79 Å². The molecule has 0 fully saturated rings. The summed E-state index contributed by atoms with van der Waals surface area (Å²) >= 11 is 1.08. The molecule has 1 N–H and O–H groups in total. The number of aromatic nitrogens is 2. The van der Waals surface area contributed by atoms with Gasteiger partial charge in [-0.2, -0.15) is 0 Å². The fraction of sp³-hybridized carbons (Fsp3) is 0.333. The van der Waals surface area contributed by atoms with Crippen LogP contribution in [0, 0.1) is 5.92 Å². The number of hydrogen-bond acceptors (Lipinski definition) is 8. The van der Waals surface area contributed by atoms with Crippen LogP contribution in [0.1, 0.15) is 18.6 Å². The Morgan fingerprint density at radius 3 is 2.97 bits per heavy atom. The standard InChI is InChI=1S/C18H19N5O5S/c1-3-6-23-16(25)13(11(2)20-17(23)26)8-15-21-22-18(28-15)29-10-14(24)19-9-12-5-4-7-27-12/h3-5,7,13H,1,6,8-10H2,2H3,(H,19,24). The lowest BCUT2D eigenvalue weighted by Gasteiger charge is -2.27. The number of amides is 4. The maximum Gasteiger partial charge on any atom is 0.350 e. The van der Waals surface area contributed by atoms with Crippen LogP contribution in [-0.4, -0.2) is 51.0 Å². The van der Waals surface area contributed by atoms with Crippen LogP contribution >= 0.6 is 11.8 Å². The predicted molar refractivity (Wildman–Crippen MR) is 103 cm³/mol. The van der Waals surface area contributed by atoms with Crippen LogP contribution in [0.25, 0.3) is 0 Å². The summed E-state index contributed by atoms with van der Waals surface area (Å²) in [5.41, 5.74) is 0.394. The summed E-state index contributed by atoms with van der Waals surface area (Å²) in [6.45, 7) is 5.54. The van der Waals surface area contributed by atoms with Gasteiger partial charge in [0.05, 0.1) is 24.5 Å². The molecule has 0 bridgehead atoms. The van der Waals surface area contributed by atoms with Gasteiger partial charge in [-0.25, -0.2) is 9.79 Å². The van der Waals surface area contributed by atoms with Gasteiger partial charge < -0.3 is 14.2 Å². The average molecular weight is 417 g/mol. The van der Waals surface area contributed by atoms with Crippen molar-refractivity contribution >= 4 is 35.3 Å². The number of rotatable bonds is 9. The molecule has 10 nitrogen and oxygen atoms in total. The predicted octanol–water partition coefficient (Wildman–Crippen LogP) is 1.84. The van der Waals surface area contributed by atoms with Gasteiger partial charge in [0, 0.05) is 18.7 Å². The quantitative estimate of drug-likeness (QED) is 0.483. The van der Waals surface area contributed by atoms with E-state index in [9.17, 15) is 14.4 Å². The number of urea groups is 1. The number of imide groups is 1.